The van der Waals surface area contributed by atoms with Gasteiger partial charge >= 0.3 is 5.97 Å². The molecule has 28 heavy (non-hydrogen) atoms. The van der Waals surface area contributed by atoms with Crippen molar-refractivity contribution in [1.82, 2.24) is 4.98 Å². The molecule has 1 saturated heterocycles. The fraction of sp³-hybridized carbons (Fsp3) is 0.455. The Morgan fingerprint density at radius 3 is 2.21 bits per heavy atom. The van der Waals surface area contributed by atoms with Crippen molar-refractivity contribution in [2.24, 2.45) is 0 Å². The minimum absolute atomic E-state index is 0.0198. The topological polar surface area (TPSA) is 68.0 Å². The largest absolute Gasteiger partial charge is 0.462 e. The summed E-state index contributed by atoms with van der Waals surface area (Å²) in [7, 11) is 0. The normalized spacial score (nSPS) is 19.4. The molecule has 0 radical (unpaired) electrons. The number of H-pyrrole nitrogens is 1. The molecule has 1 fully saturated rings. The van der Waals surface area contributed by atoms with Crippen LogP contribution in [0, 0.1) is 13.8 Å². The number of hydrogen-bond donors (Lipinski definition) is 3. The van der Waals surface area contributed by atoms with Gasteiger partial charge in [-0.1, -0.05) is 30.3 Å². The summed E-state index contributed by atoms with van der Waals surface area (Å²) < 4.78 is 5.15. The molecule has 1 aliphatic heterocycles. The molecule has 2 heterocycles. The molecule has 150 valence electrons. The van der Waals surface area contributed by atoms with Crippen LogP contribution in [0.15, 0.2) is 30.3 Å². The predicted octanol–water partition coefficient (Wildman–Crippen LogP) is -0.0255. The predicted molar refractivity (Wildman–Crippen MR) is 107 cm³/mol. The highest BCUT2D eigenvalue weighted by Gasteiger charge is 2.30. The van der Waals surface area contributed by atoms with Crippen molar-refractivity contribution in [2.75, 3.05) is 39.3 Å². The van der Waals surface area contributed by atoms with Crippen LogP contribution in [0.3, 0.4) is 0 Å². The number of benzene rings is 1. The molecular formula is C22H31N3O3+2. The number of rotatable bonds is 7. The van der Waals surface area contributed by atoms with Gasteiger partial charge < -0.3 is 19.5 Å². The standard InChI is InChI=1S/C22H29N3O3/c1-4-28-22(27)21-17(3)23-16(2)20(21)19(26)15-25-12-10-24(11-13-25)14-18-8-6-5-7-9-18/h5-9,23H,4,10-15H2,1-3H3/p+2. The number of aromatic nitrogens is 1. The fourth-order valence-corrected chi connectivity index (χ4v) is 4.10. The summed E-state index contributed by atoms with van der Waals surface area (Å²) in [5, 5.41) is 0. The van der Waals surface area contributed by atoms with Crippen LogP contribution < -0.4 is 9.80 Å². The average Bonchev–Trinajstić information content (AvgIpc) is 2.98. The monoisotopic (exact) mass is 385 g/mol. The average molecular weight is 386 g/mol. The molecule has 1 aromatic heterocycles. The number of ether oxygens (including phenoxy) is 1. The van der Waals surface area contributed by atoms with E-state index in [1.54, 1.807) is 11.8 Å². The second kappa shape index (κ2) is 9.17. The molecule has 0 atom stereocenters. The molecule has 0 amide bonds. The van der Waals surface area contributed by atoms with Crippen molar-refractivity contribution in [3.05, 3.63) is 58.4 Å². The Labute approximate surface area is 166 Å². The van der Waals surface area contributed by atoms with Crippen LogP contribution in [0.25, 0.3) is 0 Å². The number of quaternary nitrogens is 2. The van der Waals surface area contributed by atoms with Crippen LogP contribution in [0.1, 0.15) is 44.6 Å². The van der Waals surface area contributed by atoms with Gasteiger partial charge in [0.05, 0.1) is 17.7 Å². The Balaban J connectivity index is 1.60. The van der Waals surface area contributed by atoms with E-state index >= 15 is 0 Å². The second-order valence-electron chi connectivity index (χ2n) is 7.61. The van der Waals surface area contributed by atoms with Crippen molar-refractivity contribution in [2.45, 2.75) is 27.3 Å². The van der Waals surface area contributed by atoms with Crippen LogP contribution in [0.4, 0.5) is 0 Å². The number of piperazine rings is 1. The number of aromatic amines is 1. The first-order valence-corrected chi connectivity index (χ1v) is 10.1. The van der Waals surface area contributed by atoms with Crippen LogP contribution >= 0.6 is 0 Å². The summed E-state index contributed by atoms with van der Waals surface area (Å²) in [4.78, 5) is 31.3. The number of esters is 1. The van der Waals surface area contributed by atoms with Crippen LogP contribution in [-0.2, 0) is 11.3 Å². The Hall–Kier alpha value is -2.44. The van der Waals surface area contributed by atoms with Gasteiger partial charge in [0.25, 0.3) is 0 Å². The number of hydrogen-bond acceptors (Lipinski definition) is 3. The summed E-state index contributed by atoms with van der Waals surface area (Å²) in [6, 6.07) is 10.5. The maximum absolute atomic E-state index is 13.0. The summed E-state index contributed by atoms with van der Waals surface area (Å²) >= 11 is 0. The van der Waals surface area contributed by atoms with E-state index in [9.17, 15) is 9.59 Å². The first kappa shape index (κ1) is 20.3. The molecule has 0 spiro atoms. The van der Waals surface area contributed by atoms with Gasteiger partial charge in [-0.05, 0) is 20.8 Å². The Bertz CT molecular complexity index is 821. The lowest BCUT2D eigenvalue weighted by Crippen LogP contribution is -3.27. The maximum Gasteiger partial charge on any atom is 0.340 e. The number of Topliss-reactive ketones (excluding diaryl/α,β-unsaturated/α-hetero) is 1. The minimum atomic E-state index is -0.417. The SMILES string of the molecule is CCOC(=O)c1c(C)[nH]c(C)c1C(=O)C[NH+]1CC[NH+](Cc2ccccc2)CC1. The van der Waals surface area contributed by atoms with E-state index in [1.807, 2.05) is 19.9 Å². The smallest absolute Gasteiger partial charge is 0.340 e. The van der Waals surface area contributed by atoms with Gasteiger partial charge in [0.15, 0.2) is 0 Å². The van der Waals surface area contributed by atoms with Crippen molar-refractivity contribution in [3.63, 3.8) is 0 Å². The first-order chi connectivity index (χ1) is 13.5. The van der Waals surface area contributed by atoms with Crippen molar-refractivity contribution < 1.29 is 24.1 Å². The molecule has 0 aliphatic carbocycles. The zero-order valence-electron chi connectivity index (χ0n) is 17.1. The Morgan fingerprint density at radius 1 is 0.964 bits per heavy atom. The lowest BCUT2D eigenvalue weighted by Gasteiger charge is -2.29. The van der Waals surface area contributed by atoms with E-state index in [4.69, 9.17) is 4.74 Å². The zero-order chi connectivity index (χ0) is 20.1. The molecule has 3 N–H and O–H groups in total. The highest BCUT2D eigenvalue weighted by atomic mass is 16.5. The van der Waals surface area contributed by atoms with E-state index in [1.165, 1.54) is 10.5 Å². The van der Waals surface area contributed by atoms with Gasteiger partial charge in [-0.25, -0.2) is 4.79 Å². The third-order valence-electron chi connectivity index (χ3n) is 5.51. The number of aryl methyl sites for hydroxylation is 2. The number of ketones is 1. The third-order valence-corrected chi connectivity index (χ3v) is 5.51. The van der Waals surface area contributed by atoms with Crippen LogP contribution in [-0.4, -0.2) is 56.1 Å². The van der Waals surface area contributed by atoms with Crippen LogP contribution in [0.2, 0.25) is 0 Å². The molecule has 6 nitrogen and oxygen atoms in total. The molecule has 2 aromatic rings. The number of carbonyl (C=O) groups is 2. The number of nitrogens with one attached hydrogen (secondary N) is 3. The lowest BCUT2D eigenvalue weighted by atomic mass is 10.0. The lowest BCUT2D eigenvalue weighted by molar-refractivity contribution is -1.01. The highest BCUT2D eigenvalue weighted by molar-refractivity contribution is 6.08. The Morgan fingerprint density at radius 2 is 1.57 bits per heavy atom. The molecular weight excluding hydrogens is 354 g/mol. The minimum Gasteiger partial charge on any atom is -0.462 e. The first-order valence-electron chi connectivity index (χ1n) is 10.1. The van der Waals surface area contributed by atoms with E-state index in [0.717, 1.165) is 38.4 Å². The van der Waals surface area contributed by atoms with Crippen molar-refractivity contribution in [3.8, 4) is 0 Å². The molecule has 1 aromatic carbocycles. The van der Waals surface area contributed by atoms with Gasteiger partial charge in [0, 0.05) is 17.0 Å². The van der Waals surface area contributed by atoms with Crippen LogP contribution in [0.5, 0.6) is 0 Å². The van der Waals surface area contributed by atoms with Crippen molar-refractivity contribution >= 4 is 11.8 Å². The zero-order valence-corrected chi connectivity index (χ0v) is 17.1. The third kappa shape index (κ3) is 4.69. The molecule has 6 heteroatoms. The summed E-state index contributed by atoms with van der Waals surface area (Å²) in [5.74, 6) is -0.397. The maximum atomic E-state index is 13.0. The van der Waals surface area contributed by atoms with Gasteiger partial charge in [-0.3, -0.25) is 4.79 Å². The van der Waals surface area contributed by atoms with Gasteiger partial charge in [0.1, 0.15) is 39.3 Å². The van der Waals surface area contributed by atoms with E-state index in [-0.39, 0.29) is 5.78 Å². The van der Waals surface area contributed by atoms with E-state index in [0.29, 0.717) is 30.0 Å². The quantitative estimate of drug-likeness (QED) is 0.463. The molecule has 0 unspecified atom stereocenters. The summed E-state index contributed by atoms with van der Waals surface area (Å²) in [6.45, 7) is 11.2. The van der Waals surface area contributed by atoms with Gasteiger partial charge in [0.2, 0.25) is 5.78 Å². The molecule has 3 rings (SSSR count). The molecule has 0 saturated carbocycles. The second-order valence-corrected chi connectivity index (χ2v) is 7.61. The van der Waals surface area contributed by atoms with E-state index < -0.39 is 5.97 Å². The molecule has 1 aliphatic rings. The highest BCUT2D eigenvalue weighted by Crippen LogP contribution is 2.19. The van der Waals surface area contributed by atoms with Gasteiger partial charge in [-0.15, -0.1) is 0 Å². The van der Waals surface area contributed by atoms with Gasteiger partial charge in [-0.2, -0.15) is 0 Å². The van der Waals surface area contributed by atoms with E-state index in [2.05, 4.69) is 29.2 Å². The van der Waals surface area contributed by atoms with Crippen molar-refractivity contribution in [1.29, 1.82) is 0 Å². The number of carbonyl (C=O) groups excluding carboxylic acids is 2. The molecule has 0 bridgehead atoms. The summed E-state index contributed by atoms with van der Waals surface area (Å²) in [5.41, 5.74) is 3.71. The Kier molecular flexibility index (Phi) is 6.65. The fourth-order valence-electron chi connectivity index (χ4n) is 4.10. The summed E-state index contributed by atoms with van der Waals surface area (Å²) in [6.07, 6.45) is 0.